The van der Waals surface area contributed by atoms with Crippen LogP contribution in [0.1, 0.15) is 134 Å². The minimum atomic E-state index is 0.336. The summed E-state index contributed by atoms with van der Waals surface area (Å²) in [6.45, 7) is 6.75. The first-order valence-corrected chi connectivity index (χ1v) is 40.6. The van der Waals surface area contributed by atoms with Crippen LogP contribution in [0.3, 0.4) is 0 Å². The molecule has 0 saturated carbocycles. The minimum Gasteiger partial charge on any atom is -0.496 e. The third-order valence-corrected chi connectivity index (χ3v) is 21.7. The molecular formula is C84H96Cl4O14S4. The number of thiol groups is 4. The number of hydrogen-bond acceptors (Lipinski definition) is 18. The van der Waals surface area contributed by atoms with E-state index < -0.39 is 0 Å². The van der Waals surface area contributed by atoms with Gasteiger partial charge in [-0.3, -0.25) is 0 Å². The molecule has 568 valence electrons. The van der Waals surface area contributed by atoms with Crippen molar-refractivity contribution < 1.29 is 66.3 Å². The van der Waals surface area contributed by atoms with Gasteiger partial charge in [-0.25, -0.2) is 0 Å². The predicted molar refractivity (Wildman–Crippen MR) is 436 cm³/mol. The molecule has 0 radical (unpaired) electrons. The molecule has 20 bridgehead atoms. The molecule has 22 heteroatoms. The van der Waals surface area contributed by atoms with E-state index in [1.165, 1.54) is 0 Å². The second-order valence-corrected chi connectivity index (χ2v) is 28.7. The molecule has 2 aliphatic carbocycles. The summed E-state index contributed by atoms with van der Waals surface area (Å²) < 4.78 is 86.9. The fourth-order valence-electron chi connectivity index (χ4n) is 14.7. The molecule has 8 aromatic carbocycles. The van der Waals surface area contributed by atoms with Crippen LogP contribution in [0, 0.1) is 0 Å². The molecule has 14 nitrogen and oxygen atoms in total. The molecule has 106 heavy (non-hydrogen) atoms. The van der Waals surface area contributed by atoms with Crippen molar-refractivity contribution in [1.82, 2.24) is 0 Å². The lowest BCUT2D eigenvalue weighted by atomic mass is 9.88. The normalized spacial score (nSPS) is 15.6. The third kappa shape index (κ3) is 21.1. The van der Waals surface area contributed by atoms with Crippen LogP contribution in [-0.4, -0.2) is 134 Å². The summed E-state index contributed by atoms with van der Waals surface area (Å²) in [7, 11) is 6.93. The van der Waals surface area contributed by atoms with E-state index in [1.54, 1.807) is 28.4 Å². The molecule has 0 unspecified atom stereocenters. The van der Waals surface area contributed by atoms with Gasteiger partial charge in [0.2, 0.25) is 0 Å². The lowest BCUT2D eigenvalue weighted by molar-refractivity contribution is 0.00484. The molecule has 0 spiro atoms. The standard InChI is InChI=1S/C42H46Cl4O7.C42H50O7S4/c1-47-39-31-11-27(23-43)12-32(39)20-36-16-30(26-46)18-38-22-34-14-28(24-44)13-33(40(34)48-2)21-37-17-29(25-45)15-35(19-31)41(37)52-9-7-50-5-3-49-4-6-51-8-10-53-42(36)38;1-43-39-31-11-27(23-50)12-32(39)20-36-16-30(26-53)18-38-22-34-14-28(24-51)13-33(40(34)44-2)21-37-17-29(25-52)15-35(19-31)41(37)48-9-7-46-5-3-45-4-6-47-8-10-49-42(36)38/h11-18H,3-10,19-26H2,1-2H3;11-18,50-53H,3-10,19-26H2,1-2H3. The Morgan fingerprint density at radius 3 is 0.519 bits per heavy atom. The number of ether oxygens (including phenoxy) is 14. The number of hydrogen-bond donors (Lipinski definition) is 4. The molecule has 12 rings (SSSR count). The molecule has 8 aromatic rings. The Balaban J connectivity index is 0.000000212. The smallest absolute Gasteiger partial charge is 0.126 e. The molecule has 2 aliphatic heterocycles. The zero-order chi connectivity index (χ0) is 74.3. The Morgan fingerprint density at radius 1 is 0.226 bits per heavy atom. The van der Waals surface area contributed by atoms with Crippen molar-refractivity contribution in [2.75, 3.05) is 134 Å². The molecule has 4 aliphatic rings. The van der Waals surface area contributed by atoms with Gasteiger partial charge >= 0.3 is 0 Å². The first-order valence-electron chi connectivity index (χ1n) is 35.9. The number of rotatable bonds is 12. The topological polar surface area (TPSA) is 129 Å². The van der Waals surface area contributed by atoms with Crippen LogP contribution in [0.25, 0.3) is 0 Å². The van der Waals surface area contributed by atoms with Gasteiger partial charge in [0.05, 0.1) is 108 Å². The minimum absolute atomic E-state index is 0.336. The fraction of sp³-hybridized carbons (Fsp3) is 0.429. The summed E-state index contributed by atoms with van der Waals surface area (Å²) in [6.07, 6.45) is 4.38. The predicted octanol–water partition coefficient (Wildman–Crippen LogP) is 17.1. The van der Waals surface area contributed by atoms with E-state index >= 15 is 0 Å². The summed E-state index contributed by atoms with van der Waals surface area (Å²) in [6, 6.07) is 34.6. The highest BCUT2D eigenvalue weighted by atomic mass is 35.5. The number of methoxy groups -OCH3 is 4. The van der Waals surface area contributed by atoms with Crippen molar-refractivity contribution in [1.29, 1.82) is 0 Å². The van der Waals surface area contributed by atoms with E-state index in [0.29, 0.717) is 204 Å². The first kappa shape index (κ1) is 81.5. The zero-order valence-corrected chi connectivity index (χ0v) is 67.5. The van der Waals surface area contributed by atoms with Gasteiger partial charge in [0, 0.05) is 97.9 Å². The van der Waals surface area contributed by atoms with Crippen molar-refractivity contribution in [3.8, 4) is 46.0 Å². The van der Waals surface area contributed by atoms with E-state index in [9.17, 15) is 0 Å². The van der Waals surface area contributed by atoms with Crippen molar-refractivity contribution in [2.45, 2.75) is 97.9 Å². The summed E-state index contributed by atoms with van der Waals surface area (Å²) in [4.78, 5) is 0. The fourth-order valence-corrected chi connectivity index (χ4v) is 16.1. The molecule has 0 N–H and O–H groups in total. The number of alkyl halides is 4. The molecule has 0 atom stereocenters. The summed E-state index contributed by atoms with van der Waals surface area (Å²) in [5.41, 5.74) is 24.7. The van der Waals surface area contributed by atoms with Crippen LogP contribution in [-0.2, 0) is 126 Å². The van der Waals surface area contributed by atoms with Crippen LogP contribution in [0.5, 0.6) is 46.0 Å². The second-order valence-electron chi connectivity index (χ2n) is 26.4. The van der Waals surface area contributed by atoms with Gasteiger partial charge in [0.15, 0.2) is 0 Å². The highest BCUT2D eigenvalue weighted by Gasteiger charge is 2.28. The SMILES string of the molecule is COc1c2cc(CCl)cc1Cc1cc(CCl)cc3c1OCCOCCOCCOCCOc1c(cc(CCl)cc1Cc1cc(CCl)cc(c1OC)C3)C2.COc1c2cc(CS)cc1Cc1cc(CS)cc3c1OCCOCCOCCOCCOc1c(cc(CS)cc1Cc1cc(CS)cc(c1OC)C3)C2. The van der Waals surface area contributed by atoms with Crippen LogP contribution in [0.4, 0.5) is 0 Å². The maximum absolute atomic E-state index is 6.71. The van der Waals surface area contributed by atoms with E-state index in [0.717, 1.165) is 180 Å². The van der Waals surface area contributed by atoms with Gasteiger partial charge in [0.25, 0.3) is 0 Å². The molecular weight excluding hydrogens is 1500 g/mol. The average Bonchev–Trinajstić information content (AvgIpc) is 0.779. The third-order valence-electron chi connectivity index (χ3n) is 19.0. The number of benzene rings is 8. The summed E-state index contributed by atoms with van der Waals surface area (Å²) in [5, 5.41) is 0. The Bertz CT molecular complexity index is 3550. The Labute approximate surface area is 666 Å². The van der Waals surface area contributed by atoms with Gasteiger partial charge in [-0.2, -0.15) is 50.5 Å². The van der Waals surface area contributed by atoms with Crippen molar-refractivity contribution >= 4 is 96.9 Å². The van der Waals surface area contributed by atoms with Crippen molar-refractivity contribution in [3.63, 3.8) is 0 Å². The van der Waals surface area contributed by atoms with E-state index in [2.05, 4.69) is 97.1 Å². The van der Waals surface area contributed by atoms with Gasteiger partial charge in [0.1, 0.15) is 72.4 Å². The van der Waals surface area contributed by atoms with Crippen LogP contribution in [0.2, 0.25) is 0 Å². The highest BCUT2D eigenvalue weighted by Crippen LogP contribution is 2.45. The van der Waals surface area contributed by atoms with Crippen LogP contribution >= 0.6 is 96.9 Å². The van der Waals surface area contributed by atoms with E-state index in [4.69, 9.17) is 163 Å². The maximum Gasteiger partial charge on any atom is 0.126 e. The first-order chi connectivity index (χ1) is 51.9. The van der Waals surface area contributed by atoms with Crippen LogP contribution in [0.15, 0.2) is 97.1 Å². The van der Waals surface area contributed by atoms with E-state index in [1.807, 2.05) is 0 Å². The average molecular weight is 1600 g/mol. The zero-order valence-electron chi connectivity index (χ0n) is 60.9. The lowest BCUT2D eigenvalue weighted by Crippen LogP contribution is -2.16. The molecule has 2 heterocycles. The van der Waals surface area contributed by atoms with Gasteiger partial charge in [-0.15, -0.1) is 46.4 Å². The highest BCUT2D eigenvalue weighted by molar-refractivity contribution is 7.79. The summed E-state index contributed by atoms with van der Waals surface area (Å²) >= 11 is 45.3. The van der Waals surface area contributed by atoms with Crippen molar-refractivity contribution in [3.05, 3.63) is 231 Å². The molecule has 0 fully saturated rings. The monoisotopic (exact) mass is 1600 g/mol. The lowest BCUT2D eigenvalue weighted by Gasteiger charge is -2.24. The largest absolute Gasteiger partial charge is 0.496 e. The van der Waals surface area contributed by atoms with Gasteiger partial charge in [-0.1, -0.05) is 97.1 Å². The molecule has 0 amide bonds. The molecule has 0 saturated heterocycles. The van der Waals surface area contributed by atoms with Gasteiger partial charge in [-0.05, 0) is 134 Å². The number of halogens is 4. The maximum atomic E-state index is 6.71. The molecule has 0 aromatic heterocycles. The Kier molecular flexibility index (Phi) is 31.9. The van der Waals surface area contributed by atoms with Crippen molar-refractivity contribution in [2.24, 2.45) is 0 Å². The quantitative estimate of drug-likeness (QED) is 0.0684. The summed E-state index contributed by atoms with van der Waals surface area (Å²) in [5.74, 6) is 10.2. The number of fused-ring (bicyclic) bond motifs is 4. The van der Waals surface area contributed by atoms with Gasteiger partial charge < -0.3 is 66.3 Å². The van der Waals surface area contributed by atoms with E-state index in [-0.39, 0.29) is 0 Å². The Morgan fingerprint density at radius 2 is 0.368 bits per heavy atom. The van der Waals surface area contributed by atoms with Crippen LogP contribution < -0.4 is 37.9 Å². The Hall–Kier alpha value is -5.52. The second kappa shape index (κ2) is 41.5.